The summed E-state index contributed by atoms with van der Waals surface area (Å²) in [5, 5.41) is 2.59. The van der Waals surface area contributed by atoms with Crippen LogP contribution in [0.3, 0.4) is 0 Å². The van der Waals surface area contributed by atoms with Crippen molar-refractivity contribution in [3.63, 3.8) is 0 Å². The number of benzene rings is 2. The monoisotopic (exact) mass is 424 g/mol. The largest absolute Gasteiger partial charge is 0.495 e. The summed E-state index contributed by atoms with van der Waals surface area (Å²) < 4.78 is 55.8. The number of amides is 1. The van der Waals surface area contributed by atoms with E-state index in [1.807, 2.05) is 0 Å². The third-order valence-electron chi connectivity index (χ3n) is 4.22. The fourth-order valence-electron chi connectivity index (χ4n) is 2.76. The molecule has 29 heavy (non-hydrogen) atoms. The van der Waals surface area contributed by atoms with E-state index in [0.717, 1.165) is 0 Å². The molecule has 156 valence electrons. The number of sulfonamides is 1. The molecule has 2 aromatic carbocycles. The number of hydrogen-bond acceptors (Lipinski definition) is 6. The number of carbonyl (C=O) groups excluding carboxylic acids is 1. The Labute approximate surface area is 168 Å². The molecule has 3 rings (SSSR count). The number of ether oxygens (including phenoxy) is 3. The van der Waals surface area contributed by atoms with Crippen LogP contribution < -0.4 is 14.8 Å². The predicted octanol–water partition coefficient (Wildman–Crippen LogP) is 1.87. The molecule has 10 heteroatoms. The molecule has 0 unspecified atom stereocenters. The average molecular weight is 424 g/mol. The number of nitrogens with one attached hydrogen (secondary N) is 1. The average Bonchev–Trinajstić information content (AvgIpc) is 2.74. The van der Waals surface area contributed by atoms with Gasteiger partial charge in [-0.15, -0.1) is 0 Å². The number of rotatable bonds is 7. The fourth-order valence-corrected chi connectivity index (χ4v) is 4.35. The zero-order valence-corrected chi connectivity index (χ0v) is 16.6. The minimum Gasteiger partial charge on any atom is -0.495 e. The maximum atomic E-state index is 13.0. The van der Waals surface area contributed by atoms with Gasteiger partial charge in [0.1, 0.15) is 22.2 Å². The van der Waals surface area contributed by atoms with Crippen molar-refractivity contribution >= 4 is 21.6 Å². The van der Waals surface area contributed by atoms with Crippen molar-refractivity contribution in [2.24, 2.45) is 0 Å². The number of anilines is 1. The molecule has 0 saturated carbocycles. The maximum Gasteiger partial charge on any atom is 0.262 e. The molecule has 1 saturated heterocycles. The molecular weight excluding hydrogens is 403 g/mol. The molecule has 0 bridgehead atoms. The van der Waals surface area contributed by atoms with Crippen LogP contribution in [0.5, 0.6) is 11.5 Å². The number of morpholine rings is 1. The third kappa shape index (κ3) is 5.22. The van der Waals surface area contributed by atoms with Crippen LogP contribution in [0.1, 0.15) is 0 Å². The summed E-state index contributed by atoms with van der Waals surface area (Å²) in [6.45, 7) is 0.807. The Hall–Kier alpha value is -2.69. The smallest absolute Gasteiger partial charge is 0.262 e. The van der Waals surface area contributed by atoms with Crippen molar-refractivity contribution in [2.45, 2.75) is 4.90 Å². The van der Waals surface area contributed by atoms with Gasteiger partial charge in [0, 0.05) is 18.8 Å². The Balaban J connectivity index is 1.72. The number of hydrogen-bond donors (Lipinski definition) is 1. The highest BCUT2D eigenvalue weighted by Gasteiger charge is 2.29. The minimum atomic E-state index is -3.81. The molecule has 0 spiro atoms. The first kappa shape index (κ1) is 21.0. The summed E-state index contributed by atoms with van der Waals surface area (Å²) in [6, 6.07) is 9.61. The Morgan fingerprint density at radius 2 is 1.86 bits per heavy atom. The molecule has 0 aromatic heterocycles. The van der Waals surface area contributed by atoms with Crippen LogP contribution in [0.4, 0.5) is 10.1 Å². The highest BCUT2D eigenvalue weighted by Crippen LogP contribution is 2.30. The van der Waals surface area contributed by atoms with Gasteiger partial charge in [0.25, 0.3) is 5.91 Å². The van der Waals surface area contributed by atoms with Crippen LogP contribution in [-0.2, 0) is 19.6 Å². The van der Waals surface area contributed by atoms with E-state index in [-0.39, 0.29) is 36.0 Å². The van der Waals surface area contributed by atoms with Crippen molar-refractivity contribution in [2.75, 3.05) is 45.3 Å². The highest BCUT2D eigenvalue weighted by atomic mass is 32.2. The molecule has 1 fully saturated rings. The summed E-state index contributed by atoms with van der Waals surface area (Å²) in [4.78, 5) is 12.1. The van der Waals surface area contributed by atoms with Crippen molar-refractivity contribution < 1.29 is 31.8 Å². The second-order valence-electron chi connectivity index (χ2n) is 6.17. The van der Waals surface area contributed by atoms with Gasteiger partial charge in [0.05, 0.1) is 20.3 Å². The third-order valence-corrected chi connectivity index (χ3v) is 6.14. The molecule has 0 aliphatic carbocycles. The molecule has 8 nitrogen and oxygen atoms in total. The van der Waals surface area contributed by atoms with E-state index in [4.69, 9.17) is 14.2 Å². The standard InChI is InChI=1S/C19H21FN2O6S/c1-26-17-7-4-15(12-18(17)29(24,25)22-8-10-27-11-9-22)21-19(23)13-28-16-5-2-14(20)3-6-16/h2-7,12H,8-11,13H2,1H3,(H,21,23). The second kappa shape index (κ2) is 9.21. The molecule has 1 N–H and O–H groups in total. The lowest BCUT2D eigenvalue weighted by molar-refractivity contribution is -0.118. The summed E-state index contributed by atoms with van der Waals surface area (Å²) in [5.74, 6) is -0.382. The fraction of sp³-hybridized carbons (Fsp3) is 0.316. The molecule has 2 aromatic rings. The SMILES string of the molecule is COc1ccc(NC(=O)COc2ccc(F)cc2)cc1S(=O)(=O)N1CCOCC1. The van der Waals surface area contributed by atoms with E-state index in [9.17, 15) is 17.6 Å². The second-order valence-corrected chi connectivity index (χ2v) is 8.08. The van der Waals surface area contributed by atoms with Gasteiger partial charge >= 0.3 is 0 Å². The normalized spacial score (nSPS) is 15.0. The van der Waals surface area contributed by atoms with Gasteiger partial charge in [0.15, 0.2) is 6.61 Å². The number of nitrogens with zero attached hydrogens (tertiary/aromatic N) is 1. The maximum absolute atomic E-state index is 13.0. The molecule has 1 aliphatic heterocycles. The van der Waals surface area contributed by atoms with E-state index in [1.165, 1.54) is 53.9 Å². The van der Waals surface area contributed by atoms with E-state index in [0.29, 0.717) is 19.0 Å². The van der Waals surface area contributed by atoms with E-state index < -0.39 is 21.7 Å². The molecule has 0 atom stereocenters. The first-order chi connectivity index (χ1) is 13.9. The van der Waals surface area contributed by atoms with Gasteiger partial charge in [-0.3, -0.25) is 4.79 Å². The van der Waals surface area contributed by atoms with Crippen LogP contribution in [0.15, 0.2) is 47.4 Å². The van der Waals surface area contributed by atoms with Crippen LogP contribution in [-0.4, -0.2) is 58.7 Å². The molecule has 0 radical (unpaired) electrons. The Morgan fingerprint density at radius 3 is 2.52 bits per heavy atom. The molecular formula is C19H21FN2O6S. The lowest BCUT2D eigenvalue weighted by Crippen LogP contribution is -2.40. The summed E-state index contributed by atoms with van der Waals surface area (Å²) >= 11 is 0. The number of methoxy groups -OCH3 is 1. The van der Waals surface area contributed by atoms with Gasteiger partial charge in [-0.1, -0.05) is 0 Å². The minimum absolute atomic E-state index is 0.0425. The van der Waals surface area contributed by atoms with E-state index >= 15 is 0 Å². The van der Waals surface area contributed by atoms with Crippen molar-refractivity contribution in [1.29, 1.82) is 0 Å². The topological polar surface area (TPSA) is 94.2 Å². The van der Waals surface area contributed by atoms with Crippen molar-refractivity contribution in [3.8, 4) is 11.5 Å². The first-order valence-corrected chi connectivity index (χ1v) is 10.3. The number of halogens is 1. The quantitative estimate of drug-likeness (QED) is 0.729. The van der Waals surface area contributed by atoms with Crippen LogP contribution in [0.2, 0.25) is 0 Å². The number of carbonyl (C=O) groups is 1. The molecule has 1 heterocycles. The van der Waals surface area contributed by atoms with Crippen LogP contribution >= 0.6 is 0 Å². The van der Waals surface area contributed by atoms with Gasteiger partial charge in [0.2, 0.25) is 10.0 Å². The molecule has 1 aliphatic rings. The van der Waals surface area contributed by atoms with Crippen LogP contribution in [0.25, 0.3) is 0 Å². The van der Waals surface area contributed by atoms with Gasteiger partial charge in [-0.25, -0.2) is 12.8 Å². The summed E-state index contributed by atoms with van der Waals surface area (Å²) in [7, 11) is -2.43. The van der Waals surface area contributed by atoms with Gasteiger partial charge in [-0.05, 0) is 42.5 Å². The summed E-state index contributed by atoms with van der Waals surface area (Å²) in [5.41, 5.74) is 0.283. The van der Waals surface area contributed by atoms with Crippen molar-refractivity contribution in [1.82, 2.24) is 4.31 Å². The first-order valence-electron chi connectivity index (χ1n) is 8.84. The Kier molecular flexibility index (Phi) is 6.68. The van der Waals surface area contributed by atoms with E-state index in [1.54, 1.807) is 0 Å². The zero-order chi connectivity index (χ0) is 20.9. The predicted molar refractivity (Wildman–Crippen MR) is 103 cm³/mol. The Bertz CT molecular complexity index is 959. The van der Waals surface area contributed by atoms with Crippen LogP contribution in [0, 0.1) is 5.82 Å². The van der Waals surface area contributed by atoms with E-state index in [2.05, 4.69) is 5.32 Å². The molecule has 1 amide bonds. The summed E-state index contributed by atoms with van der Waals surface area (Å²) in [6.07, 6.45) is 0. The van der Waals surface area contributed by atoms with Gasteiger partial charge < -0.3 is 19.5 Å². The highest BCUT2D eigenvalue weighted by molar-refractivity contribution is 7.89. The Morgan fingerprint density at radius 1 is 1.17 bits per heavy atom. The zero-order valence-electron chi connectivity index (χ0n) is 15.8. The lowest BCUT2D eigenvalue weighted by Gasteiger charge is -2.26. The lowest BCUT2D eigenvalue weighted by atomic mass is 10.3. The van der Waals surface area contributed by atoms with Crippen molar-refractivity contribution in [3.05, 3.63) is 48.3 Å². The van der Waals surface area contributed by atoms with Gasteiger partial charge in [-0.2, -0.15) is 4.31 Å².